The highest BCUT2D eigenvalue weighted by Gasteiger charge is 2.26. The molecule has 2 heterocycles. The summed E-state index contributed by atoms with van der Waals surface area (Å²) in [7, 11) is -3.75. The monoisotopic (exact) mass is 373 g/mol. The fourth-order valence-corrected chi connectivity index (χ4v) is 5.20. The Balaban J connectivity index is 1.88. The number of para-hydroxylation sites is 1. The second kappa shape index (κ2) is 6.41. The van der Waals surface area contributed by atoms with Gasteiger partial charge in [-0.25, -0.2) is 12.8 Å². The number of aromatic amines is 1. The number of piperazine rings is 1. The minimum absolute atomic E-state index is 0.0930. The van der Waals surface area contributed by atoms with Crippen LogP contribution in [0.15, 0.2) is 52.3 Å². The van der Waals surface area contributed by atoms with Crippen LogP contribution in [0.5, 0.6) is 0 Å². The van der Waals surface area contributed by atoms with Crippen LogP contribution in [0, 0.1) is 12.7 Å². The molecule has 0 atom stereocenters. The van der Waals surface area contributed by atoms with Crippen LogP contribution in [0.3, 0.4) is 0 Å². The van der Waals surface area contributed by atoms with E-state index in [1.165, 1.54) is 24.3 Å². The number of aryl methyl sites for hydroxylation is 1. The van der Waals surface area contributed by atoms with Crippen molar-refractivity contribution in [3.63, 3.8) is 0 Å². The molecule has 0 spiro atoms. The number of hydrogen-bond donors (Lipinski definition) is 2. The molecule has 0 aliphatic carbocycles. The molecule has 26 heavy (non-hydrogen) atoms. The van der Waals surface area contributed by atoms with Gasteiger partial charge in [0.25, 0.3) is 0 Å². The van der Waals surface area contributed by atoms with Gasteiger partial charge in [-0.3, -0.25) is 0 Å². The van der Waals surface area contributed by atoms with Crippen LogP contribution in [0.2, 0.25) is 0 Å². The highest BCUT2D eigenvalue weighted by Crippen LogP contribution is 2.36. The molecule has 4 rings (SSSR count). The van der Waals surface area contributed by atoms with E-state index < -0.39 is 15.7 Å². The summed E-state index contributed by atoms with van der Waals surface area (Å²) < 4.78 is 39.5. The Bertz CT molecular complexity index is 1050. The number of benzene rings is 2. The van der Waals surface area contributed by atoms with Gasteiger partial charge in [0.15, 0.2) is 0 Å². The molecule has 1 aliphatic rings. The first-order valence-electron chi connectivity index (χ1n) is 8.56. The molecule has 0 saturated carbocycles. The van der Waals surface area contributed by atoms with Crippen LogP contribution in [0.1, 0.15) is 5.69 Å². The third-order valence-corrected chi connectivity index (χ3v) is 6.75. The first-order valence-corrected chi connectivity index (χ1v) is 10.0. The molecule has 3 aromatic rings. The second-order valence-electron chi connectivity index (χ2n) is 6.47. The topological polar surface area (TPSA) is 65.2 Å². The summed E-state index contributed by atoms with van der Waals surface area (Å²) in [6.07, 6.45) is 0. The molecule has 1 aliphatic heterocycles. The Morgan fingerprint density at radius 1 is 1.04 bits per heavy atom. The average molecular weight is 373 g/mol. The van der Waals surface area contributed by atoms with E-state index in [1.807, 2.05) is 18.2 Å². The molecule has 5 nitrogen and oxygen atoms in total. The van der Waals surface area contributed by atoms with Crippen molar-refractivity contribution >= 4 is 26.4 Å². The summed E-state index contributed by atoms with van der Waals surface area (Å²) in [5.41, 5.74) is 2.42. The number of rotatable bonds is 3. The lowest BCUT2D eigenvalue weighted by atomic mass is 10.2. The maximum atomic E-state index is 13.2. The van der Waals surface area contributed by atoms with Gasteiger partial charge in [0.2, 0.25) is 9.84 Å². The Kier molecular flexibility index (Phi) is 4.20. The minimum Gasteiger partial charge on any atom is -0.367 e. The molecule has 136 valence electrons. The van der Waals surface area contributed by atoms with Gasteiger partial charge in [0.05, 0.1) is 21.0 Å². The molecule has 7 heteroatoms. The van der Waals surface area contributed by atoms with Crippen LogP contribution in [0.4, 0.5) is 10.1 Å². The zero-order valence-corrected chi connectivity index (χ0v) is 15.2. The van der Waals surface area contributed by atoms with Crippen LogP contribution in [-0.4, -0.2) is 39.6 Å². The summed E-state index contributed by atoms with van der Waals surface area (Å²) in [5.74, 6) is -0.458. The van der Waals surface area contributed by atoms with Gasteiger partial charge >= 0.3 is 0 Å². The number of H-pyrrole nitrogens is 1. The summed E-state index contributed by atoms with van der Waals surface area (Å²) in [6.45, 7) is 5.31. The van der Waals surface area contributed by atoms with E-state index in [-0.39, 0.29) is 9.79 Å². The van der Waals surface area contributed by atoms with Crippen molar-refractivity contribution in [3.05, 3.63) is 54.0 Å². The van der Waals surface area contributed by atoms with Gasteiger partial charge in [-0.15, -0.1) is 0 Å². The molecular formula is C19H20FN3O2S. The summed E-state index contributed by atoms with van der Waals surface area (Å²) in [6, 6.07) is 10.7. The van der Waals surface area contributed by atoms with E-state index in [0.717, 1.165) is 37.4 Å². The molecule has 0 amide bonds. The maximum Gasteiger partial charge on any atom is 0.208 e. The molecule has 0 bridgehead atoms. The number of aromatic nitrogens is 1. The predicted octanol–water partition coefficient (Wildman–Crippen LogP) is 2.86. The van der Waals surface area contributed by atoms with Gasteiger partial charge in [0, 0.05) is 37.3 Å². The highest BCUT2D eigenvalue weighted by atomic mass is 32.2. The minimum atomic E-state index is -3.75. The lowest BCUT2D eigenvalue weighted by Gasteiger charge is -2.29. The van der Waals surface area contributed by atoms with Gasteiger partial charge in [-0.05, 0) is 37.3 Å². The van der Waals surface area contributed by atoms with Crippen molar-refractivity contribution in [3.8, 4) is 0 Å². The number of halogens is 1. The van der Waals surface area contributed by atoms with Crippen molar-refractivity contribution < 1.29 is 12.8 Å². The normalized spacial score (nSPS) is 15.5. The van der Waals surface area contributed by atoms with E-state index >= 15 is 0 Å². The Morgan fingerprint density at radius 2 is 1.73 bits per heavy atom. The largest absolute Gasteiger partial charge is 0.367 e. The van der Waals surface area contributed by atoms with E-state index in [2.05, 4.69) is 15.2 Å². The van der Waals surface area contributed by atoms with E-state index in [1.54, 1.807) is 6.92 Å². The van der Waals surface area contributed by atoms with E-state index in [0.29, 0.717) is 11.1 Å². The molecular weight excluding hydrogens is 353 g/mol. The third kappa shape index (κ3) is 2.77. The first kappa shape index (κ1) is 17.1. The number of sulfone groups is 1. The van der Waals surface area contributed by atoms with Crippen molar-refractivity contribution in [1.29, 1.82) is 0 Å². The molecule has 2 N–H and O–H groups in total. The third-order valence-electron chi connectivity index (χ3n) is 4.79. The van der Waals surface area contributed by atoms with Gasteiger partial charge in [-0.1, -0.05) is 12.1 Å². The van der Waals surface area contributed by atoms with Crippen LogP contribution in [-0.2, 0) is 9.84 Å². The lowest BCUT2D eigenvalue weighted by molar-refractivity contribution is 0.590. The summed E-state index contributed by atoms with van der Waals surface area (Å²) in [5, 5.41) is 3.99. The fraction of sp³-hybridized carbons (Fsp3) is 0.263. The molecule has 0 radical (unpaired) electrons. The maximum absolute atomic E-state index is 13.2. The van der Waals surface area contributed by atoms with Gasteiger partial charge in [0.1, 0.15) is 5.82 Å². The number of nitrogens with one attached hydrogen (secondary N) is 2. The van der Waals surface area contributed by atoms with Crippen molar-refractivity contribution in [1.82, 2.24) is 10.3 Å². The Hall–Kier alpha value is -2.38. The standard InChI is InChI=1S/C19H20FN3O2S/c1-13-19(26(24,25)15-7-5-14(20)6-8-15)16-3-2-4-17(18(16)22-13)23-11-9-21-10-12-23/h2-8,21-22H,9-12H2,1H3. The summed E-state index contributed by atoms with van der Waals surface area (Å²) in [4.78, 5) is 5.87. The number of fused-ring (bicyclic) bond motifs is 1. The molecule has 1 saturated heterocycles. The first-order chi connectivity index (χ1) is 12.5. The Labute approximate surface area is 151 Å². The zero-order chi connectivity index (χ0) is 18.3. The van der Waals surface area contributed by atoms with Crippen LogP contribution in [0.25, 0.3) is 10.9 Å². The second-order valence-corrected chi connectivity index (χ2v) is 8.36. The fourth-order valence-electron chi connectivity index (χ4n) is 3.55. The average Bonchev–Trinajstić information content (AvgIpc) is 2.99. The quantitative estimate of drug-likeness (QED) is 0.693. The van der Waals surface area contributed by atoms with Gasteiger partial charge < -0.3 is 15.2 Å². The van der Waals surface area contributed by atoms with Crippen molar-refractivity contribution in [2.75, 3.05) is 31.1 Å². The number of anilines is 1. The highest BCUT2D eigenvalue weighted by molar-refractivity contribution is 7.91. The van der Waals surface area contributed by atoms with E-state index in [9.17, 15) is 12.8 Å². The van der Waals surface area contributed by atoms with Crippen molar-refractivity contribution in [2.45, 2.75) is 16.7 Å². The van der Waals surface area contributed by atoms with Crippen LogP contribution >= 0.6 is 0 Å². The predicted molar refractivity (Wildman–Crippen MR) is 100.0 cm³/mol. The smallest absolute Gasteiger partial charge is 0.208 e. The summed E-state index contributed by atoms with van der Waals surface area (Å²) >= 11 is 0. The molecule has 0 unspecified atom stereocenters. The zero-order valence-electron chi connectivity index (χ0n) is 14.4. The Morgan fingerprint density at radius 3 is 2.42 bits per heavy atom. The molecule has 1 aromatic heterocycles. The molecule has 1 fully saturated rings. The van der Waals surface area contributed by atoms with E-state index in [4.69, 9.17) is 0 Å². The SMILES string of the molecule is Cc1[nH]c2c(N3CCNCC3)cccc2c1S(=O)(=O)c1ccc(F)cc1. The molecule has 2 aromatic carbocycles. The van der Waals surface area contributed by atoms with Crippen molar-refractivity contribution in [2.24, 2.45) is 0 Å². The van der Waals surface area contributed by atoms with Gasteiger partial charge in [-0.2, -0.15) is 0 Å². The number of hydrogen-bond acceptors (Lipinski definition) is 4. The lowest BCUT2D eigenvalue weighted by Crippen LogP contribution is -2.43. The van der Waals surface area contributed by atoms with Crippen LogP contribution < -0.4 is 10.2 Å². The number of nitrogens with zero attached hydrogens (tertiary/aromatic N) is 1.